The van der Waals surface area contributed by atoms with E-state index >= 15 is 0 Å². The van der Waals surface area contributed by atoms with Crippen LogP contribution in [-0.2, 0) is 16.0 Å². The van der Waals surface area contributed by atoms with Crippen LogP contribution in [0.1, 0.15) is 11.1 Å². The van der Waals surface area contributed by atoms with E-state index in [0.29, 0.717) is 35.5 Å². The van der Waals surface area contributed by atoms with E-state index in [1.807, 2.05) is 0 Å². The van der Waals surface area contributed by atoms with E-state index in [9.17, 15) is 14.4 Å². The number of aryl methyl sites for hydroxylation is 1. The number of carbonyl (C=O) groups is 2. The number of carbonyl (C=O) groups excluding carboxylic acids is 2. The Labute approximate surface area is 149 Å². The van der Waals surface area contributed by atoms with Gasteiger partial charge in [0, 0.05) is 18.5 Å². The molecule has 2 amide bonds. The Hall–Kier alpha value is -3.03. The van der Waals surface area contributed by atoms with Gasteiger partial charge in [-0.2, -0.15) is 0 Å². The summed E-state index contributed by atoms with van der Waals surface area (Å²) in [4.78, 5) is 37.9. The first kappa shape index (κ1) is 17.8. The molecule has 1 aliphatic heterocycles. The monoisotopic (exact) mass is 360 g/mol. The number of hydrogen-bond donors (Lipinski definition) is 1. The molecule has 0 radical (unpaired) electrons. The topological polar surface area (TPSA) is 98.1 Å². The number of nitrogens with one attached hydrogen (secondary N) is 1. The van der Waals surface area contributed by atoms with Gasteiger partial charge in [0.25, 0.3) is 0 Å². The third kappa shape index (κ3) is 3.10. The van der Waals surface area contributed by atoms with Gasteiger partial charge in [0.2, 0.25) is 17.6 Å². The summed E-state index contributed by atoms with van der Waals surface area (Å²) in [6.45, 7) is 2.60. The largest absolute Gasteiger partial charge is 0.493 e. The molecular formula is C18H20N2O6. The molecular weight excluding hydrogens is 340 g/mol. The van der Waals surface area contributed by atoms with Gasteiger partial charge < -0.3 is 24.1 Å². The molecule has 26 heavy (non-hydrogen) atoms. The zero-order valence-corrected chi connectivity index (χ0v) is 14.9. The molecule has 8 heteroatoms. The van der Waals surface area contributed by atoms with Crippen LogP contribution in [0.5, 0.6) is 11.5 Å². The number of nitrogens with zero attached hydrogens (tertiary/aromatic N) is 1. The van der Waals surface area contributed by atoms with Crippen molar-refractivity contribution < 1.29 is 23.5 Å². The molecule has 0 unspecified atom stereocenters. The Bertz CT molecular complexity index is 933. The third-order valence-corrected chi connectivity index (χ3v) is 4.52. The second kappa shape index (κ2) is 7.07. The van der Waals surface area contributed by atoms with E-state index in [4.69, 9.17) is 13.9 Å². The van der Waals surface area contributed by atoms with Crippen molar-refractivity contribution in [1.82, 2.24) is 10.2 Å². The zero-order valence-electron chi connectivity index (χ0n) is 14.9. The van der Waals surface area contributed by atoms with Crippen molar-refractivity contribution in [2.45, 2.75) is 13.3 Å². The molecule has 1 aliphatic rings. The van der Waals surface area contributed by atoms with Gasteiger partial charge in [-0.1, -0.05) is 0 Å². The van der Waals surface area contributed by atoms with Crippen LogP contribution in [0.3, 0.4) is 0 Å². The lowest BCUT2D eigenvalue weighted by Gasteiger charge is -2.26. The lowest BCUT2D eigenvalue weighted by molar-refractivity contribution is -0.137. The summed E-state index contributed by atoms with van der Waals surface area (Å²) in [6.07, 6.45) is -0.119. The van der Waals surface area contributed by atoms with E-state index in [1.165, 1.54) is 19.1 Å². The van der Waals surface area contributed by atoms with Crippen LogP contribution in [0.2, 0.25) is 0 Å². The highest BCUT2D eigenvalue weighted by Gasteiger charge is 2.24. The molecule has 0 spiro atoms. The molecule has 1 aromatic heterocycles. The minimum absolute atomic E-state index is 0.00180. The molecule has 0 aliphatic carbocycles. The molecule has 2 aromatic rings. The van der Waals surface area contributed by atoms with Gasteiger partial charge in [-0.15, -0.1) is 0 Å². The maximum atomic E-state index is 12.5. The van der Waals surface area contributed by atoms with Gasteiger partial charge in [0.15, 0.2) is 11.3 Å². The van der Waals surface area contributed by atoms with E-state index in [2.05, 4.69) is 5.32 Å². The highest BCUT2D eigenvalue weighted by molar-refractivity contribution is 5.91. The number of amides is 2. The summed E-state index contributed by atoms with van der Waals surface area (Å²) in [6, 6.07) is 3.48. The molecule has 0 saturated carbocycles. The summed E-state index contributed by atoms with van der Waals surface area (Å²) in [7, 11) is 2.96. The zero-order chi connectivity index (χ0) is 18.8. The predicted molar refractivity (Wildman–Crippen MR) is 93.6 cm³/mol. The van der Waals surface area contributed by atoms with Crippen LogP contribution in [0.25, 0.3) is 11.0 Å². The Balaban J connectivity index is 2.01. The lowest BCUT2D eigenvalue weighted by atomic mass is 10.0. The van der Waals surface area contributed by atoms with E-state index in [1.54, 1.807) is 19.1 Å². The maximum absolute atomic E-state index is 12.5. The van der Waals surface area contributed by atoms with E-state index in [0.717, 1.165) is 0 Å². The maximum Gasteiger partial charge on any atom is 0.340 e. The molecule has 8 nitrogen and oxygen atoms in total. The first-order chi connectivity index (χ1) is 12.5. The minimum Gasteiger partial charge on any atom is -0.493 e. The van der Waals surface area contributed by atoms with Crippen molar-refractivity contribution in [2.24, 2.45) is 0 Å². The van der Waals surface area contributed by atoms with E-state index in [-0.39, 0.29) is 35.9 Å². The lowest BCUT2D eigenvalue weighted by Crippen LogP contribution is -2.50. The second-order valence-corrected chi connectivity index (χ2v) is 6.01. The van der Waals surface area contributed by atoms with Crippen molar-refractivity contribution in [2.75, 3.05) is 33.9 Å². The van der Waals surface area contributed by atoms with Crippen molar-refractivity contribution in [3.8, 4) is 11.5 Å². The highest BCUT2D eigenvalue weighted by atomic mass is 16.5. The number of rotatable bonds is 4. The van der Waals surface area contributed by atoms with Crippen molar-refractivity contribution >= 4 is 22.8 Å². The number of methoxy groups -OCH3 is 2. The molecule has 1 aromatic carbocycles. The highest BCUT2D eigenvalue weighted by Crippen LogP contribution is 2.36. The van der Waals surface area contributed by atoms with Crippen LogP contribution >= 0.6 is 0 Å². The fraction of sp³-hybridized carbons (Fsp3) is 0.389. The average Bonchev–Trinajstić information content (AvgIpc) is 2.63. The van der Waals surface area contributed by atoms with E-state index < -0.39 is 5.63 Å². The molecule has 2 heterocycles. The molecule has 0 bridgehead atoms. The predicted octanol–water partition coefficient (Wildman–Crippen LogP) is 0.620. The fourth-order valence-electron chi connectivity index (χ4n) is 3.08. The van der Waals surface area contributed by atoms with Gasteiger partial charge >= 0.3 is 5.63 Å². The number of ether oxygens (including phenoxy) is 2. The molecule has 3 rings (SSSR count). The minimum atomic E-state index is -0.601. The summed E-state index contributed by atoms with van der Waals surface area (Å²) >= 11 is 0. The number of benzene rings is 1. The van der Waals surface area contributed by atoms with Gasteiger partial charge in [-0.3, -0.25) is 9.59 Å². The van der Waals surface area contributed by atoms with Crippen LogP contribution in [-0.4, -0.2) is 50.6 Å². The second-order valence-electron chi connectivity index (χ2n) is 6.01. The van der Waals surface area contributed by atoms with Gasteiger partial charge in [0.05, 0.1) is 32.7 Å². The SMILES string of the molecule is COc1ccc2c(C)c(CC(=O)N3CCNC(=O)C3)c(=O)oc2c1OC. The quantitative estimate of drug-likeness (QED) is 0.803. The molecule has 138 valence electrons. The molecule has 1 saturated heterocycles. The molecule has 1 fully saturated rings. The standard InChI is InChI=1S/C18H20N2O6/c1-10-11-4-5-13(24-2)17(25-3)16(11)26-18(23)12(10)8-15(22)20-7-6-19-14(21)9-20/h4-5H,6-9H2,1-3H3,(H,19,21). The van der Waals surface area contributed by atoms with Crippen LogP contribution in [0.15, 0.2) is 21.3 Å². The first-order valence-corrected chi connectivity index (χ1v) is 8.18. The van der Waals surface area contributed by atoms with Crippen LogP contribution in [0.4, 0.5) is 0 Å². The molecule has 0 atom stereocenters. The number of hydrogen-bond acceptors (Lipinski definition) is 6. The summed E-state index contributed by atoms with van der Waals surface area (Å²) in [5.41, 5.74) is 0.604. The summed E-state index contributed by atoms with van der Waals surface area (Å²) < 4.78 is 16.0. The Morgan fingerprint density at radius 1 is 1.27 bits per heavy atom. The third-order valence-electron chi connectivity index (χ3n) is 4.52. The van der Waals surface area contributed by atoms with Crippen LogP contribution in [0, 0.1) is 6.92 Å². The Morgan fingerprint density at radius 2 is 2.04 bits per heavy atom. The first-order valence-electron chi connectivity index (χ1n) is 8.18. The normalized spacial score (nSPS) is 14.3. The smallest absolute Gasteiger partial charge is 0.340 e. The summed E-state index contributed by atoms with van der Waals surface area (Å²) in [5, 5.41) is 3.33. The van der Waals surface area contributed by atoms with Gasteiger partial charge in [-0.05, 0) is 24.6 Å². The van der Waals surface area contributed by atoms with Crippen molar-refractivity contribution in [1.29, 1.82) is 0 Å². The number of fused-ring (bicyclic) bond motifs is 1. The Kier molecular flexibility index (Phi) is 4.83. The Morgan fingerprint density at radius 3 is 2.69 bits per heavy atom. The van der Waals surface area contributed by atoms with Crippen molar-refractivity contribution in [3.63, 3.8) is 0 Å². The average molecular weight is 360 g/mol. The van der Waals surface area contributed by atoms with Gasteiger partial charge in [0.1, 0.15) is 0 Å². The fourth-order valence-corrected chi connectivity index (χ4v) is 3.08. The summed E-state index contributed by atoms with van der Waals surface area (Å²) in [5.74, 6) is 0.292. The van der Waals surface area contributed by atoms with Gasteiger partial charge in [-0.25, -0.2) is 4.79 Å². The number of piperazine rings is 1. The molecule has 1 N–H and O–H groups in total. The van der Waals surface area contributed by atoms with Crippen LogP contribution < -0.4 is 20.4 Å². The van der Waals surface area contributed by atoms with Crippen molar-refractivity contribution in [3.05, 3.63) is 33.7 Å².